The highest BCUT2D eigenvalue weighted by Gasteiger charge is 2.64. The van der Waals surface area contributed by atoms with Crippen LogP contribution in [0.15, 0.2) is 92.3 Å². The van der Waals surface area contributed by atoms with Gasteiger partial charge in [0.2, 0.25) is 0 Å². The smallest absolute Gasteiger partial charge is 0.355 e. The summed E-state index contributed by atoms with van der Waals surface area (Å²) in [7, 11) is 0. The summed E-state index contributed by atoms with van der Waals surface area (Å²) in [5.41, 5.74) is 5.67. The molecule has 4 aromatic heterocycles. The van der Waals surface area contributed by atoms with Gasteiger partial charge in [-0.3, -0.25) is 9.97 Å². The lowest BCUT2D eigenvalue weighted by molar-refractivity contribution is -0.573. The topological polar surface area (TPSA) is 49.0 Å². The zero-order valence-corrected chi connectivity index (χ0v) is 20.9. The van der Waals surface area contributed by atoms with Gasteiger partial charge < -0.3 is 9.62 Å². The van der Waals surface area contributed by atoms with Gasteiger partial charge in [0.25, 0.3) is 5.82 Å². The predicted molar refractivity (Wildman–Crippen MR) is 146 cm³/mol. The molecule has 0 unspecified atom stereocenters. The van der Waals surface area contributed by atoms with E-state index in [0.29, 0.717) is 0 Å². The molecule has 1 saturated heterocycles. The molecule has 178 valence electrons. The average molecular weight is 473 g/mol. The Kier molecular flexibility index (Phi) is 5.55. The minimum Gasteiger partial charge on any atom is -0.355 e. The molecule has 2 aliphatic rings. The van der Waals surface area contributed by atoms with Gasteiger partial charge in [-0.25, -0.2) is 9.55 Å². The molecule has 1 fully saturated rings. The van der Waals surface area contributed by atoms with Crippen LogP contribution < -0.4 is 14.2 Å². The van der Waals surface area contributed by atoms with Crippen molar-refractivity contribution in [1.82, 2.24) is 15.0 Å². The number of nitrogens with zero attached hydrogens (tertiary/aromatic N) is 6. The summed E-state index contributed by atoms with van der Waals surface area (Å²) in [6.45, 7) is 11.2. The molecule has 6 heterocycles. The van der Waals surface area contributed by atoms with Gasteiger partial charge in [-0.1, -0.05) is 32.6 Å². The number of hydrogen-bond acceptors (Lipinski definition) is 5. The second kappa shape index (κ2) is 8.90. The second-order valence-electron chi connectivity index (χ2n) is 9.60. The van der Waals surface area contributed by atoms with Gasteiger partial charge in [0.05, 0.1) is 18.1 Å². The monoisotopic (exact) mass is 473 g/mol. The van der Waals surface area contributed by atoms with E-state index in [2.05, 4.69) is 87.2 Å². The van der Waals surface area contributed by atoms with Crippen LogP contribution in [0.5, 0.6) is 0 Å². The first-order chi connectivity index (χ1) is 17.7. The molecule has 0 bridgehead atoms. The van der Waals surface area contributed by atoms with Crippen LogP contribution in [0.4, 0.5) is 11.6 Å². The van der Waals surface area contributed by atoms with E-state index in [9.17, 15) is 0 Å². The van der Waals surface area contributed by atoms with E-state index in [-0.39, 0.29) is 12.3 Å². The summed E-state index contributed by atoms with van der Waals surface area (Å²) >= 11 is 0. The highest BCUT2D eigenvalue weighted by Crippen LogP contribution is 2.52. The lowest BCUT2D eigenvalue weighted by Gasteiger charge is -2.42. The first kappa shape index (κ1) is 22.5. The van der Waals surface area contributed by atoms with Crippen LogP contribution in [0, 0.1) is 0 Å². The number of allylic oxidation sites excluding steroid dienone is 1. The predicted octanol–water partition coefficient (Wildman–Crippen LogP) is 5.35. The molecule has 36 heavy (non-hydrogen) atoms. The maximum atomic E-state index is 4.85. The van der Waals surface area contributed by atoms with Crippen LogP contribution in [0.1, 0.15) is 26.7 Å². The Morgan fingerprint density at radius 2 is 1.53 bits per heavy atom. The minimum absolute atomic E-state index is 0.101. The molecule has 6 nitrogen and oxygen atoms in total. The summed E-state index contributed by atoms with van der Waals surface area (Å²) in [5, 5.41) is -0.101. The van der Waals surface area contributed by atoms with Crippen molar-refractivity contribution in [2.45, 2.75) is 32.0 Å². The summed E-state index contributed by atoms with van der Waals surface area (Å²) < 4.78 is 2.30. The fourth-order valence-electron chi connectivity index (χ4n) is 6.06. The Morgan fingerprint density at radius 3 is 2.17 bits per heavy atom. The third kappa shape index (κ3) is 3.41. The van der Waals surface area contributed by atoms with Gasteiger partial charge in [0.1, 0.15) is 11.5 Å². The van der Waals surface area contributed by atoms with Crippen molar-refractivity contribution in [2.24, 2.45) is 0 Å². The van der Waals surface area contributed by atoms with E-state index in [0.717, 1.165) is 59.7 Å². The number of fused-ring (bicyclic) bond motifs is 3. The van der Waals surface area contributed by atoms with Gasteiger partial charge in [-0.15, -0.1) is 0 Å². The van der Waals surface area contributed by atoms with Gasteiger partial charge >= 0.3 is 6.98 Å². The molecule has 0 saturated carbocycles. The van der Waals surface area contributed by atoms with Crippen LogP contribution in [-0.4, -0.2) is 35.0 Å². The van der Waals surface area contributed by atoms with E-state index >= 15 is 0 Å². The molecule has 2 aliphatic heterocycles. The van der Waals surface area contributed by atoms with E-state index < -0.39 is 0 Å². The maximum absolute atomic E-state index is 4.85. The van der Waals surface area contributed by atoms with Crippen LogP contribution in [0.2, 0.25) is 5.31 Å². The largest absolute Gasteiger partial charge is 0.512 e. The van der Waals surface area contributed by atoms with Crippen molar-refractivity contribution >= 4 is 24.3 Å². The number of anilines is 2. The Balaban J connectivity index is 1.46. The summed E-state index contributed by atoms with van der Waals surface area (Å²) in [4.78, 5) is 18.5. The Bertz CT molecular complexity index is 1400. The number of hydrogen-bond donors (Lipinski definition) is 0. The minimum atomic E-state index is -0.101. The quantitative estimate of drug-likeness (QED) is 0.289. The van der Waals surface area contributed by atoms with E-state index in [4.69, 9.17) is 4.98 Å². The van der Waals surface area contributed by atoms with Crippen LogP contribution >= 0.6 is 0 Å². The van der Waals surface area contributed by atoms with Crippen LogP contribution in [0.25, 0.3) is 28.0 Å². The molecule has 0 aliphatic carbocycles. The molecule has 0 amide bonds. The van der Waals surface area contributed by atoms with Gasteiger partial charge in [0, 0.05) is 54.7 Å². The number of pyridine rings is 4. The lowest BCUT2D eigenvalue weighted by atomic mass is 9.43. The molecule has 6 rings (SSSR count). The first-order valence-electron chi connectivity index (χ1n) is 12.7. The number of aromatic nitrogens is 4. The molecular formula is C29H30BN6+. The summed E-state index contributed by atoms with van der Waals surface area (Å²) in [5.74, 6) is 2.18. The third-order valence-electron chi connectivity index (χ3n) is 8.05. The van der Waals surface area contributed by atoms with Gasteiger partial charge in [-0.05, 0) is 54.3 Å². The SMILES string of the molecule is C=C1[n+]2ccc(-c3cccnc3)cc2N2CCN(c3cc(-c4cccnc4)ccn3)B2C1(CC)CC. The lowest BCUT2D eigenvalue weighted by Crippen LogP contribution is -2.63. The highest BCUT2D eigenvalue weighted by molar-refractivity contribution is 6.73. The van der Waals surface area contributed by atoms with Gasteiger partial charge in [0.15, 0.2) is 0 Å². The maximum Gasteiger partial charge on any atom is 0.512 e. The van der Waals surface area contributed by atoms with E-state index in [1.165, 1.54) is 5.82 Å². The van der Waals surface area contributed by atoms with Crippen LogP contribution in [-0.2, 0) is 0 Å². The fourth-order valence-corrected chi connectivity index (χ4v) is 6.06. The molecule has 0 radical (unpaired) electrons. The van der Waals surface area contributed by atoms with Crippen molar-refractivity contribution < 1.29 is 4.57 Å². The Morgan fingerprint density at radius 1 is 0.861 bits per heavy atom. The molecule has 7 heteroatoms. The normalized spacial score (nSPS) is 16.2. The Hall–Kier alpha value is -4.00. The average Bonchev–Trinajstić information content (AvgIpc) is 3.41. The van der Waals surface area contributed by atoms with Crippen molar-refractivity contribution in [3.05, 3.63) is 92.3 Å². The highest BCUT2D eigenvalue weighted by atomic mass is 15.4. The van der Waals surface area contributed by atoms with Crippen molar-refractivity contribution in [3.8, 4) is 22.3 Å². The van der Waals surface area contributed by atoms with E-state index in [1.807, 2.05) is 43.1 Å². The molecular weight excluding hydrogens is 443 g/mol. The third-order valence-corrected chi connectivity index (χ3v) is 8.05. The summed E-state index contributed by atoms with van der Waals surface area (Å²) in [6.07, 6.45) is 13.6. The molecule has 4 aromatic rings. The van der Waals surface area contributed by atoms with E-state index in [1.54, 1.807) is 0 Å². The second-order valence-corrected chi connectivity index (χ2v) is 9.60. The number of rotatable bonds is 5. The molecule has 0 atom stereocenters. The first-order valence-corrected chi connectivity index (χ1v) is 12.7. The summed E-state index contributed by atoms with van der Waals surface area (Å²) in [6, 6.07) is 16.9. The van der Waals surface area contributed by atoms with Gasteiger partial charge in [-0.2, -0.15) is 0 Å². The van der Waals surface area contributed by atoms with Crippen LogP contribution in [0.3, 0.4) is 0 Å². The fraction of sp³-hybridized carbons (Fsp3) is 0.241. The zero-order chi connectivity index (χ0) is 24.7. The molecule has 0 N–H and O–H groups in total. The van der Waals surface area contributed by atoms with Crippen molar-refractivity contribution in [2.75, 3.05) is 22.7 Å². The van der Waals surface area contributed by atoms with Crippen molar-refractivity contribution in [3.63, 3.8) is 0 Å². The zero-order valence-electron chi connectivity index (χ0n) is 20.9. The molecule has 0 spiro atoms. The Labute approximate surface area is 213 Å². The molecule has 0 aromatic carbocycles. The van der Waals surface area contributed by atoms with Crippen molar-refractivity contribution in [1.29, 1.82) is 0 Å². The standard InChI is InChI=1S/C29H30BN6/c1-4-29(5-2)22(3)34-15-11-24(26-9-7-13-32-21-26)19-28(34)36-17-16-35(30(29)36)27-18-23(10-14-33-27)25-8-6-12-31-20-25/h6-15,18-21H,3-5,16-17H2,1-2H3/q+1.